The van der Waals surface area contributed by atoms with E-state index < -0.39 is 17.7 Å². The summed E-state index contributed by atoms with van der Waals surface area (Å²) in [4.78, 5) is 41.5. The summed E-state index contributed by atoms with van der Waals surface area (Å²) in [5, 5.41) is 4.69. The highest BCUT2D eigenvalue weighted by Gasteiger charge is 2.32. The molecule has 0 aromatic heterocycles. The lowest BCUT2D eigenvalue weighted by Crippen LogP contribution is -2.58. The van der Waals surface area contributed by atoms with Gasteiger partial charge in [-0.25, -0.2) is 4.79 Å². The number of amides is 2. The summed E-state index contributed by atoms with van der Waals surface area (Å²) in [5.74, 6) is 0.0387. The normalized spacial score (nSPS) is 17.9. The summed E-state index contributed by atoms with van der Waals surface area (Å²) in [6.45, 7) is 9.71. The summed E-state index contributed by atoms with van der Waals surface area (Å²) in [6.07, 6.45) is 3.17. The minimum Gasteiger partial charge on any atom is -0.444 e. The van der Waals surface area contributed by atoms with E-state index in [2.05, 4.69) is 17.1 Å². The van der Waals surface area contributed by atoms with Gasteiger partial charge in [0, 0.05) is 37.8 Å². The van der Waals surface area contributed by atoms with Crippen molar-refractivity contribution >= 4 is 29.1 Å². The molecule has 0 aliphatic carbocycles. The summed E-state index contributed by atoms with van der Waals surface area (Å²) >= 11 is 0. The first-order valence-corrected chi connectivity index (χ1v) is 12.2. The first kappa shape index (κ1) is 25.7. The predicted molar refractivity (Wildman–Crippen MR) is 134 cm³/mol. The largest absolute Gasteiger partial charge is 0.444 e. The lowest BCUT2D eigenvalue weighted by Gasteiger charge is -2.42. The third-order valence-electron chi connectivity index (χ3n) is 6.10. The summed E-state index contributed by atoms with van der Waals surface area (Å²) in [7, 11) is 0. The van der Waals surface area contributed by atoms with Crippen molar-refractivity contribution in [2.45, 2.75) is 64.6 Å². The van der Waals surface area contributed by atoms with Crippen LogP contribution in [-0.2, 0) is 9.53 Å². The number of hydrogen-bond acceptors (Lipinski definition) is 5. The van der Waals surface area contributed by atoms with Crippen LogP contribution in [0.3, 0.4) is 0 Å². The number of aldehydes is 1. The Labute approximate surface area is 202 Å². The molecule has 7 heteroatoms. The van der Waals surface area contributed by atoms with E-state index in [9.17, 15) is 14.4 Å². The SMILES string of the molecule is CCCC[C@H]1CN(C(=O)c2cccc3ccccc23)CCN1C[C@H](C=O)NC(=O)OC(C)(C)C. The van der Waals surface area contributed by atoms with E-state index >= 15 is 0 Å². The Morgan fingerprint density at radius 3 is 2.59 bits per heavy atom. The zero-order valence-electron chi connectivity index (χ0n) is 20.8. The smallest absolute Gasteiger partial charge is 0.408 e. The van der Waals surface area contributed by atoms with Crippen LogP contribution in [0.25, 0.3) is 10.8 Å². The van der Waals surface area contributed by atoms with Gasteiger partial charge in [-0.05, 0) is 44.0 Å². The minimum absolute atomic E-state index is 0.0387. The Kier molecular flexibility index (Phi) is 8.67. The number of nitrogens with zero attached hydrogens (tertiary/aromatic N) is 2. The monoisotopic (exact) mass is 467 g/mol. The van der Waals surface area contributed by atoms with E-state index in [4.69, 9.17) is 4.74 Å². The molecule has 1 N–H and O–H groups in total. The molecule has 1 aliphatic rings. The van der Waals surface area contributed by atoms with Gasteiger partial charge in [-0.1, -0.05) is 56.2 Å². The third kappa shape index (κ3) is 6.79. The van der Waals surface area contributed by atoms with Crippen LogP contribution in [0, 0.1) is 0 Å². The van der Waals surface area contributed by atoms with Crippen LogP contribution in [0.1, 0.15) is 57.3 Å². The fraction of sp³-hybridized carbons (Fsp3) is 0.519. The van der Waals surface area contributed by atoms with E-state index in [1.807, 2.05) is 47.4 Å². The van der Waals surface area contributed by atoms with Crippen molar-refractivity contribution in [3.8, 4) is 0 Å². The number of rotatable bonds is 8. The average molecular weight is 468 g/mol. The van der Waals surface area contributed by atoms with Crippen molar-refractivity contribution in [1.29, 1.82) is 0 Å². The lowest BCUT2D eigenvalue weighted by molar-refractivity contribution is -0.110. The van der Waals surface area contributed by atoms with Crippen molar-refractivity contribution in [3.63, 3.8) is 0 Å². The molecule has 2 aromatic rings. The highest BCUT2D eigenvalue weighted by molar-refractivity contribution is 6.07. The first-order valence-electron chi connectivity index (χ1n) is 12.2. The summed E-state index contributed by atoms with van der Waals surface area (Å²) < 4.78 is 5.30. The van der Waals surface area contributed by atoms with Crippen LogP contribution in [-0.4, -0.2) is 72.0 Å². The molecule has 0 spiro atoms. The molecule has 3 rings (SSSR count). The van der Waals surface area contributed by atoms with E-state index in [0.717, 1.165) is 41.9 Å². The summed E-state index contributed by atoms with van der Waals surface area (Å²) in [5.41, 5.74) is 0.0903. The van der Waals surface area contributed by atoms with Gasteiger partial charge < -0.3 is 19.7 Å². The quantitative estimate of drug-likeness (QED) is 0.587. The highest BCUT2D eigenvalue weighted by Crippen LogP contribution is 2.23. The molecule has 1 heterocycles. The molecular weight excluding hydrogens is 430 g/mol. The maximum Gasteiger partial charge on any atom is 0.408 e. The average Bonchev–Trinajstić information content (AvgIpc) is 2.80. The molecule has 0 bridgehead atoms. The molecule has 184 valence electrons. The molecule has 1 aliphatic heterocycles. The van der Waals surface area contributed by atoms with Crippen LogP contribution in [0.15, 0.2) is 42.5 Å². The van der Waals surface area contributed by atoms with Gasteiger partial charge in [0.15, 0.2) is 0 Å². The summed E-state index contributed by atoms with van der Waals surface area (Å²) in [6, 6.07) is 13.2. The van der Waals surface area contributed by atoms with Crippen molar-refractivity contribution < 1.29 is 19.1 Å². The Morgan fingerprint density at radius 1 is 1.15 bits per heavy atom. The third-order valence-corrected chi connectivity index (χ3v) is 6.10. The van der Waals surface area contributed by atoms with Crippen LogP contribution in [0.5, 0.6) is 0 Å². The van der Waals surface area contributed by atoms with E-state index in [1.165, 1.54) is 0 Å². The van der Waals surface area contributed by atoms with Crippen LogP contribution >= 0.6 is 0 Å². The van der Waals surface area contributed by atoms with Crippen LogP contribution in [0.4, 0.5) is 4.79 Å². The van der Waals surface area contributed by atoms with Gasteiger partial charge in [-0.15, -0.1) is 0 Å². The zero-order valence-corrected chi connectivity index (χ0v) is 20.8. The van der Waals surface area contributed by atoms with Crippen molar-refractivity contribution in [1.82, 2.24) is 15.1 Å². The van der Waals surface area contributed by atoms with Gasteiger partial charge in [0.25, 0.3) is 5.91 Å². The van der Waals surface area contributed by atoms with Crippen molar-refractivity contribution in [2.24, 2.45) is 0 Å². The molecule has 1 fully saturated rings. The molecule has 0 unspecified atom stereocenters. The van der Waals surface area contributed by atoms with Crippen molar-refractivity contribution in [3.05, 3.63) is 48.0 Å². The van der Waals surface area contributed by atoms with Gasteiger partial charge in [0.1, 0.15) is 17.9 Å². The second-order valence-electron chi connectivity index (χ2n) is 9.96. The Balaban J connectivity index is 1.70. The Bertz CT molecular complexity index is 996. The first-order chi connectivity index (χ1) is 16.2. The van der Waals surface area contributed by atoms with E-state index in [1.54, 1.807) is 20.8 Å². The number of benzene rings is 2. The van der Waals surface area contributed by atoms with Crippen LogP contribution < -0.4 is 5.32 Å². The van der Waals surface area contributed by atoms with Gasteiger partial charge >= 0.3 is 6.09 Å². The number of carbonyl (C=O) groups is 3. The molecule has 7 nitrogen and oxygen atoms in total. The number of nitrogens with one attached hydrogen (secondary N) is 1. The maximum absolute atomic E-state index is 13.5. The van der Waals surface area contributed by atoms with E-state index in [0.29, 0.717) is 26.2 Å². The number of unbranched alkanes of at least 4 members (excludes halogenated alkanes) is 1. The fourth-order valence-electron chi connectivity index (χ4n) is 4.45. The molecular formula is C27H37N3O4. The number of hydrogen-bond donors (Lipinski definition) is 1. The van der Waals surface area contributed by atoms with Crippen LogP contribution in [0.2, 0.25) is 0 Å². The zero-order chi connectivity index (χ0) is 24.7. The molecule has 2 aromatic carbocycles. The molecule has 0 saturated carbocycles. The second kappa shape index (κ2) is 11.5. The van der Waals surface area contributed by atoms with Gasteiger partial charge in [-0.2, -0.15) is 0 Å². The predicted octanol–water partition coefficient (Wildman–Crippen LogP) is 4.25. The molecule has 0 radical (unpaired) electrons. The molecule has 2 amide bonds. The number of fused-ring (bicyclic) bond motifs is 1. The Hall–Kier alpha value is -2.93. The lowest BCUT2D eigenvalue weighted by atomic mass is 10.0. The number of piperazine rings is 1. The van der Waals surface area contributed by atoms with Gasteiger partial charge in [0.2, 0.25) is 0 Å². The highest BCUT2D eigenvalue weighted by atomic mass is 16.6. The van der Waals surface area contributed by atoms with Crippen molar-refractivity contribution in [2.75, 3.05) is 26.2 Å². The Morgan fingerprint density at radius 2 is 1.88 bits per heavy atom. The standard InChI is InChI=1S/C27H37N3O4/c1-5-6-12-22-18-30(25(32)24-14-9-11-20-10-7-8-13-23(20)24)16-15-29(22)17-21(19-31)28-26(33)34-27(2,3)4/h7-11,13-14,19,21-22H,5-6,12,15-18H2,1-4H3,(H,28,33)/t21-,22+/m1/s1. The number of carbonyl (C=O) groups excluding carboxylic acids is 3. The number of alkyl carbamates (subject to hydrolysis) is 1. The minimum atomic E-state index is -0.667. The number of ether oxygens (including phenoxy) is 1. The molecule has 2 atom stereocenters. The van der Waals surface area contributed by atoms with Gasteiger partial charge in [0.05, 0.1) is 0 Å². The van der Waals surface area contributed by atoms with Gasteiger partial charge in [-0.3, -0.25) is 9.69 Å². The molecule has 1 saturated heterocycles. The maximum atomic E-state index is 13.5. The fourth-order valence-corrected chi connectivity index (χ4v) is 4.45. The molecule has 34 heavy (non-hydrogen) atoms. The van der Waals surface area contributed by atoms with E-state index in [-0.39, 0.29) is 11.9 Å². The topological polar surface area (TPSA) is 79.0 Å². The second-order valence-corrected chi connectivity index (χ2v) is 9.96.